The van der Waals surface area contributed by atoms with Crippen LogP contribution in [0.5, 0.6) is 0 Å². The molecule has 0 spiro atoms. The Kier molecular flexibility index (Phi) is 5.20. The molecule has 0 unspecified atom stereocenters. The third-order valence-electron chi connectivity index (χ3n) is 4.80. The second-order valence-corrected chi connectivity index (χ2v) is 8.94. The highest BCUT2D eigenvalue weighted by atomic mass is 32.1. The monoisotopic (exact) mass is 378 g/mol. The van der Waals surface area contributed by atoms with E-state index in [1.807, 2.05) is 30.3 Å². The summed E-state index contributed by atoms with van der Waals surface area (Å²) in [5, 5.41) is 0. The van der Waals surface area contributed by atoms with Crippen LogP contribution in [0.25, 0.3) is 10.2 Å². The number of aryl methyl sites for hydroxylation is 2. The van der Waals surface area contributed by atoms with Crippen LogP contribution in [0.15, 0.2) is 54.0 Å². The molecule has 0 aliphatic heterocycles. The minimum Gasteiger partial charge on any atom is -0.312 e. The van der Waals surface area contributed by atoms with Crippen molar-refractivity contribution in [2.24, 2.45) is 4.99 Å². The zero-order valence-corrected chi connectivity index (χ0v) is 17.5. The van der Waals surface area contributed by atoms with E-state index in [0.29, 0.717) is 16.9 Å². The summed E-state index contributed by atoms with van der Waals surface area (Å²) in [6.45, 7) is 15.2. The van der Waals surface area contributed by atoms with Crippen LogP contribution < -0.4 is 4.80 Å². The van der Waals surface area contributed by atoms with Crippen LogP contribution in [0, 0.1) is 13.8 Å². The smallest absolute Gasteiger partial charge is 0.279 e. The molecule has 0 radical (unpaired) electrons. The summed E-state index contributed by atoms with van der Waals surface area (Å²) in [5.74, 6) is -0.215. The Hall–Kier alpha value is -2.46. The molecule has 0 saturated heterocycles. The largest absolute Gasteiger partial charge is 0.312 e. The predicted molar refractivity (Wildman–Crippen MR) is 115 cm³/mol. The third-order valence-corrected chi connectivity index (χ3v) is 5.85. The molecule has 3 rings (SSSR count). The van der Waals surface area contributed by atoms with E-state index in [9.17, 15) is 4.79 Å². The number of amides is 1. The predicted octanol–water partition coefficient (Wildman–Crippen LogP) is 5.54. The molecule has 1 amide bonds. The Labute approximate surface area is 164 Å². The molecule has 3 nitrogen and oxygen atoms in total. The summed E-state index contributed by atoms with van der Waals surface area (Å²) in [6, 6.07) is 12.1. The van der Waals surface area contributed by atoms with Crippen LogP contribution in [-0.2, 0) is 12.0 Å². The topological polar surface area (TPSA) is 34.4 Å². The van der Waals surface area contributed by atoms with E-state index in [2.05, 4.69) is 62.9 Å². The highest BCUT2D eigenvalue weighted by Crippen LogP contribution is 2.23. The van der Waals surface area contributed by atoms with Crippen molar-refractivity contribution in [3.63, 3.8) is 0 Å². The van der Waals surface area contributed by atoms with Gasteiger partial charge in [-0.15, -0.1) is 6.58 Å². The van der Waals surface area contributed by atoms with Crippen LogP contribution in [0.2, 0.25) is 0 Å². The maximum absolute atomic E-state index is 12.7. The van der Waals surface area contributed by atoms with Gasteiger partial charge in [0.1, 0.15) is 0 Å². The number of allylic oxidation sites excluding steroid dienone is 1. The van der Waals surface area contributed by atoms with Crippen molar-refractivity contribution in [1.29, 1.82) is 0 Å². The summed E-state index contributed by atoms with van der Waals surface area (Å²) in [7, 11) is 0. The van der Waals surface area contributed by atoms with E-state index in [1.165, 1.54) is 16.7 Å². The van der Waals surface area contributed by atoms with Crippen molar-refractivity contribution in [2.75, 3.05) is 0 Å². The normalized spacial score (nSPS) is 12.6. The van der Waals surface area contributed by atoms with Crippen molar-refractivity contribution < 1.29 is 4.79 Å². The Morgan fingerprint density at radius 3 is 2.37 bits per heavy atom. The molecular formula is C23H26N2OS. The molecule has 0 saturated carbocycles. The first-order valence-corrected chi connectivity index (χ1v) is 9.93. The summed E-state index contributed by atoms with van der Waals surface area (Å²) >= 11 is 1.54. The zero-order valence-electron chi connectivity index (χ0n) is 16.7. The fraction of sp³-hybridized carbons (Fsp3) is 0.304. The van der Waals surface area contributed by atoms with Crippen molar-refractivity contribution in [3.05, 3.63) is 76.1 Å². The minimum absolute atomic E-state index is 0.0624. The standard InChI is InChI=1S/C23H26N2OS/c1-7-12-25-19-13-15(2)16(3)14-20(19)27-22(25)24-21(26)17-8-10-18(11-9-17)23(4,5)6/h7-11,13-14H,1,12H2,2-6H3. The summed E-state index contributed by atoms with van der Waals surface area (Å²) in [6.07, 6.45) is 1.84. The Balaban J connectivity index is 2.07. The maximum Gasteiger partial charge on any atom is 0.279 e. The molecule has 2 aromatic carbocycles. The summed E-state index contributed by atoms with van der Waals surface area (Å²) in [4.78, 5) is 17.9. The van der Waals surface area contributed by atoms with Crippen molar-refractivity contribution in [1.82, 2.24) is 4.57 Å². The number of fused-ring (bicyclic) bond motifs is 1. The second-order valence-electron chi connectivity index (χ2n) is 7.93. The van der Waals surface area contributed by atoms with E-state index >= 15 is 0 Å². The molecule has 3 aromatic rings. The number of nitrogens with zero attached hydrogens (tertiary/aromatic N) is 2. The second kappa shape index (κ2) is 7.28. The highest BCUT2D eigenvalue weighted by molar-refractivity contribution is 7.16. The number of benzene rings is 2. The molecule has 0 atom stereocenters. The molecule has 0 fully saturated rings. The van der Waals surface area contributed by atoms with Gasteiger partial charge in [0.05, 0.1) is 10.2 Å². The van der Waals surface area contributed by atoms with Gasteiger partial charge < -0.3 is 4.57 Å². The van der Waals surface area contributed by atoms with Gasteiger partial charge in [-0.1, -0.05) is 50.3 Å². The fourth-order valence-corrected chi connectivity index (χ4v) is 4.09. The molecule has 0 aliphatic rings. The molecule has 1 aromatic heterocycles. The van der Waals surface area contributed by atoms with Crippen LogP contribution in [0.3, 0.4) is 0 Å². The Morgan fingerprint density at radius 2 is 1.78 bits per heavy atom. The number of carbonyl (C=O) groups is 1. The SMILES string of the molecule is C=CCn1c(=NC(=O)c2ccc(C(C)(C)C)cc2)sc2cc(C)c(C)cc21. The van der Waals surface area contributed by atoms with Crippen molar-refractivity contribution in [2.45, 2.75) is 46.6 Å². The van der Waals surface area contributed by atoms with Crippen LogP contribution >= 0.6 is 11.3 Å². The van der Waals surface area contributed by atoms with Crippen molar-refractivity contribution in [3.8, 4) is 0 Å². The average molecular weight is 379 g/mol. The molecule has 1 heterocycles. The molecule has 27 heavy (non-hydrogen) atoms. The lowest BCUT2D eigenvalue weighted by molar-refractivity contribution is 0.0998. The Morgan fingerprint density at radius 1 is 1.15 bits per heavy atom. The van der Waals surface area contributed by atoms with E-state index in [-0.39, 0.29) is 11.3 Å². The van der Waals surface area contributed by atoms with Crippen LogP contribution in [-0.4, -0.2) is 10.5 Å². The van der Waals surface area contributed by atoms with Gasteiger partial charge in [0.25, 0.3) is 5.91 Å². The molecular weight excluding hydrogens is 352 g/mol. The molecule has 0 N–H and O–H groups in total. The van der Waals surface area contributed by atoms with E-state index < -0.39 is 0 Å². The van der Waals surface area contributed by atoms with E-state index in [1.54, 1.807) is 11.3 Å². The van der Waals surface area contributed by atoms with Crippen molar-refractivity contribution >= 4 is 27.5 Å². The molecule has 0 aliphatic carbocycles. The number of aromatic nitrogens is 1. The van der Waals surface area contributed by atoms with Gasteiger partial charge in [-0.2, -0.15) is 4.99 Å². The number of carbonyl (C=O) groups excluding carboxylic acids is 1. The lowest BCUT2D eigenvalue weighted by atomic mass is 9.87. The molecule has 140 valence electrons. The third kappa shape index (κ3) is 3.96. The van der Waals surface area contributed by atoms with Crippen LogP contribution in [0.4, 0.5) is 0 Å². The quantitative estimate of drug-likeness (QED) is 0.551. The number of hydrogen-bond donors (Lipinski definition) is 0. The highest BCUT2D eigenvalue weighted by Gasteiger charge is 2.15. The van der Waals surface area contributed by atoms with Gasteiger partial charge in [-0.05, 0) is 60.2 Å². The summed E-state index contributed by atoms with van der Waals surface area (Å²) in [5.41, 5.74) is 5.44. The first kappa shape index (κ1) is 19.3. The fourth-order valence-electron chi connectivity index (χ4n) is 2.98. The first-order chi connectivity index (χ1) is 12.7. The number of thiazole rings is 1. The van der Waals surface area contributed by atoms with Gasteiger partial charge in [0.2, 0.25) is 0 Å². The number of rotatable bonds is 3. The summed E-state index contributed by atoms with van der Waals surface area (Å²) < 4.78 is 3.19. The van der Waals surface area contributed by atoms with Crippen LogP contribution in [0.1, 0.15) is 47.8 Å². The van der Waals surface area contributed by atoms with Gasteiger partial charge in [-0.3, -0.25) is 4.79 Å². The molecule has 0 bridgehead atoms. The lowest BCUT2D eigenvalue weighted by Gasteiger charge is -2.18. The Bertz CT molecular complexity index is 1080. The van der Waals surface area contributed by atoms with Gasteiger partial charge in [0, 0.05) is 12.1 Å². The first-order valence-electron chi connectivity index (χ1n) is 9.12. The molecule has 4 heteroatoms. The minimum atomic E-state index is -0.215. The van der Waals surface area contributed by atoms with Gasteiger partial charge in [0.15, 0.2) is 4.80 Å². The van der Waals surface area contributed by atoms with E-state index in [4.69, 9.17) is 0 Å². The zero-order chi connectivity index (χ0) is 19.8. The van der Waals surface area contributed by atoms with Gasteiger partial charge >= 0.3 is 0 Å². The van der Waals surface area contributed by atoms with Gasteiger partial charge in [-0.25, -0.2) is 0 Å². The average Bonchev–Trinajstić information content (AvgIpc) is 2.91. The maximum atomic E-state index is 12.7. The number of hydrogen-bond acceptors (Lipinski definition) is 2. The van der Waals surface area contributed by atoms with E-state index in [0.717, 1.165) is 10.2 Å². The lowest BCUT2D eigenvalue weighted by Crippen LogP contribution is -2.16.